The van der Waals surface area contributed by atoms with Crippen LogP contribution >= 0.6 is 0 Å². The number of carbonyl (C=O) groups excluding carboxylic acids is 1. The molecular formula is C36H58NO3+. The molecule has 0 aliphatic carbocycles. The third-order valence-electron chi connectivity index (χ3n) is 7.79. The van der Waals surface area contributed by atoms with Gasteiger partial charge in [-0.05, 0) is 43.4 Å². The van der Waals surface area contributed by atoms with Crippen LogP contribution in [0, 0.1) is 5.92 Å². The van der Waals surface area contributed by atoms with Gasteiger partial charge in [-0.15, -0.1) is 0 Å². The van der Waals surface area contributed by atoms with Crippen molar-refractivity contribution >= 4 is 5.97 Å². The molecule has 0 spiro atoms. The summed E-state index contributed by atoms with van der Waals surface area (Å²) in [6.45, 7) is 7.28. The summed E-state index contributed by atoms with van der Waals surface area (Å²) in [6.07, 6.45) is 17.4. The summed E-state index contributed by atoms with van der Waals surface area (Å²) in [5, 5.41) is 0. The summed E-state index contributed by atoms with van der Waals surface area (Å²) < 4.78 is 12.4. The van der Waals surface area contributed by atoms with Crippen molar-refractivity contribution in [2.75, 3.05) is 33.9 Å². The molecule has 0 saturated heterocycles. The molecule has 0 saturated carbocycles. The smallest absolute Gasteiger partial charge is 0.308 e. The highest BCUT2D eigenvalue weighted by Crippen LogP contribution is 2.18. The molecule has 0 aromatic heterocycles. The quantitative estimate of drug-likeness (QED) is 0.0783. The molecule has 224 valence electrons. The van der Waals surface area contributed by atoms with E-state index < -0.39 is 0 Å². The number of unbranched alkanes of at least 4 members (excludes halogenated alkanes) is 10. The number of quaternary nitrogens is 1. The first-order valence-corrected chi connectivity index (χ1v) is 16.1. The second kappa shape index (κ2) is 20.5. The highest BCUT2D eigenvalue weighted by atomic mass is 16.5. The molecule has 0 amide bonds. The van der Waals surface area contributed by atoms with Crippen LogP contribution in [0.5, 0.6) is 5.75 Å². The molecule has 0 fully saturated rings. The molecule has 2 aromatic carbocycles. The topological polar surface area (TPSA) is 35.5 Å². The van der Waals surface area contributed by atoms with Crippen LogP contribution in [0.15, 0.2) is 54.6 Å². The van der Waals surface area contributed by atoms with Crippen molar-refractivity contribution in [3.8, 4) is 5.75 Å². The zero-order valence-corrected chi connectivity index (χ0v) is 26.2. The second-order valence-corrected chi connectivity index (χ2v) is 12.3. The van der Waals surface area contributed by atoms with Crippen molar-refractivity contribution in [1.82, 2.24) is 0 Å². The molecular weight excluding hydrogens is 494 g/mol. The van der Waals surface area contributed by atoms with Gasteiger partial charge in [0.15, 0.2) is 0 Å². The lowest BCUT2D eigenvalue weighted by Gasteiger charge is -2.30. The maximum atomic E-state index is 12.5. The van der Waals surface area contributed by atoms with Gasteiger partial charge >= 0.3 is 5.97 Å². The monoisotopic (exact) mass is 552 g/mol. The van der Waals surface area contributed by atoms with Gasteiger partial charge in [0, 0.05) is 12.0 Å². The van der Waals surface area contributed by atoms with E-state index >= 15 is 0 Å². The van der Waals surface area contributed by atoms with Crippen molar-refractivity contribution in [1.29, 1.82) is 0 Å². The Hall–Kier alpha value is -2.33. The molecule has 2 rings (SSSR count). The number of nitrogens with zero attached hydrogens (tertiary/aromatic N) is 1. The van der Waals surface area contributed by atoms with Gasteiger partial charge in [-0.25, -0.2) is 0 Å². The Morgan fingerprint density at radius 1 is 0.750 bits per heavy atom. The zero-order valence-electron chi connectivity index (χ0n) is 26.2. The highest BCUT2D eigenvalue weighted by Gasteiger charge is 2.21. The minimum atomic E-state index is -0.0831. The molecule has 0 radical (unpaired) electrons. The van der Waals surface area contributed by atoms with Gasteiger partial charge in [-0.1, -0.05) is 114 Å². The Morgan fingerprint density at radius 3 is 2.08 bits per heavy atom. The van der Waals surface area contributed by atoms with Crippen molar-refractivity contribution < 1.29 is 18.8 Å². The third kappa shape index (κ3) is 16.1. The first-order chi connectivity index (χ1) is 19.4. The molecule has 40 heavy (non-hydrogen) atoms. The summed E-state index contributed by atoms with van der Waals surface area (Å²) in [6, 6.07) is 19.1. The first-order valence-electron chi connectivity index (χ1n) is 16.1. The molecule has 4 nitrogen and oxygen atoms in total. The Balaban J connectivity index is 1.50. The lowest BCUT2D eigenvalue weighted by Crippen LogP contribution is -2.40. The van der Waals surface area contributed by atoms with Crippen molar-refractivity contribution in [2.24, 2.45) is 5.92 Å². The lowest BCUT2D eigenvalue weighted by molar-refractivity contribution is -0.904. The Labute approximate surface area is 246 Å². The van der Waals surface area contributed by atoms with Crippen molar-refractivity contribution in [2.45, 2.75) is 110 Å². The number of benzene rings is 2. The highest BCUT2D eigenvalue weighted by molar-refractivity contribution is 5.71. The molecule has 1 unspecified atom stereocenters. The second-order valence-electron chi connectivity index (χ2n) is 12.3. The largest absolute Gasteiger partial charge is 0.494 e. The molecule has 0 aliphatic rings. The van der Waals surface area contributed by atoms with E-state index in [2.05, 4.69) is 63.5 Å². The van der Waals surface area contributed by atoms with E-state index in [1.807, 2.05) is 19.1 Å². The average Bonchev–Trinajstić information content (AvgIpc) is 2.95. The summed E-state index contributed by atoms with van der Waals surface area (Å²) in [5.74, 6) is 0.787. The predicted octanol–water partition coefficient (Wildman–Crippen LogP) is 9.16. The predicted molar refractivity (Wildman–Crippen MR) is 169 cm³/mol. The van der Waals surface area contributed by atoms with Gasteiger partial charge in [0.1, 0.15) is 12.3 Å². The van der Waals surface area contributed by atoms with Crippen LogP contribution in [-0.2, 0) is 22.5 Å². The van der Waals surface area contributed by atoms with Gasteiger partial charge in [0.2, 0.25) is 0 Å². The molecule has 2 aromatic rings. The first kappa shape index (κ1) is 33.9. The van der Waals surface area contributed by atoms with Crippen LogP contribution in [0.3, 0.4) is 0 Å². The lowest BCUT2D eigenvalue weighted by atomic mass is 10.0. The van der Waals surface area contributed by atoms with Crippen LogP contribution in [0.4, 0.5) is 0 Å². The molecule has 0 bridgehead atoms. The Morgan fingerprint density at radius 2 is 1.38 bits per heavy atom. The Kier molecular flexibility index (Phi) is 17.4. The normalized spacial score (nSPS) is 12.3. The average molecular weight is 553 g/mol. The van der Waals surface area contributed by atoms with E-state index in [4.69, 9.17) is 9.47 Å². The maximum absolute atomic E-state index is 12.5. The summed E-state index contributed by atoms with van der Waals surface area (Å²) in [5.41, 5.74) is 2.69. The van der Waals surface area contributed by atoms with Gasteiger partial charge < -0.3 is 14.0 Å². The summed E-state index contributed by atoms with van der Waals surface area (Å²) in [7, 11) is 4.44. The third-order valence-corrected chi connectivity index (χ3v) is 7.79. The summed E-state index contributed by atoms with van der Waals surface area (Å²) in [4.78, 5) is 12.5. The number of rotatable bonds is 23. The molecule has 1 atom stereocenters. The Bertz CT molecular complexity index is 911. The van der Waals surface area contributed by atoms with Crippen molar-refractivity contribution in [3.63, 3.8) is 0 Å². The number of hydrogen-bond acceptors (Lipinski definition) is 3. The number of hydrogen-bond donors (Lipinski definition) is 0. The minimum absolute atomic E-state index is 0.0808. The molecule has 0 heterocycles. The summed E-state index contributed by atoms with van der Waals surface area (Å²) >= 11 is 0. The van der Waals surface area contributed by atoms with E-state index in [-0.39, 0.29) is 11.9 Å². The number of ether oxygens (including phenoxy) is 2. The fourth-order valence-corrected chi connectivity index (χ4v) is 5.13. The van der Waals surface area contributed by atoms with Gasteiger partial charge in [0.25, 0.3) is 0 Å². The zero-order chi connectivity index (χ0) is 28.9. The number of carbonyl (C=O) groups is 1. The maximum Gasteiger partial charge on any atom is 0.308 e. The van der Waals surface area contributed by atoms with E-state index in [0.717, 1.165) is 49.0 Å². The molecule has 0 aliphatic heterocycles. The van der Waals surface area contributed by atoms with Gasteiger partial charge in [-0.3, -0.25) is 4.79 Å². The fourth-order valence-electron chi connectivity index (χ4n) is 5.13. The van der Waals surface area contributed by atoms with Crippen LogP contribution in [0.25, 0.3) is 0 Å². The van der Waals surface area contributed by atoms with Crippen LogP contribution in [-0.4, -0.2) is 44.3 Å². The molecule has 0 N–H and O–H groups in total. The van der Waals surface area contributed by atoms with Crippen LogP contribution in [0.2, 0.25) is 0 Å². The minimum Gasteiger partial charge on any atom is -0.494 e. The van der Waals surface area contributed by atoms with Gasteiger partial charge in [0.05, 0.1) is 39.8 Å². The number of esters is 1. The molecule has 4 heteroatoms. The standard InChI is InChI=1S/C36H58NO3/c1-5-6-7-8-9-10-11-12-13-15-21-33-24-20-25-35(30-33)39-28-18-19-29-40-36(38)32(2)26-27-37(3,4)31-34-22-16-14-17-23-34/h14,16-17,20,22-25,30,32H,5-13,15,18-19,21,26-29,31H2,1-4H3/q+1. The van der Waals surface area contributed by atoms with Crippen molar-refractivity contribution in [3.05, 3.63) is 65.7 Å². The van der Waals surface area contributed by atoms with Crippen LogP contribution in [0.1, 0.15) is 108 Å². The van der Waals surface area contributed by atoms with E-state index in [9.17, 15) is 4.79 Å². The SMILES string of the molecule is CCCCCCCCCCCCc1cccc(OCCCCOC(=O)C(C)CC[N+](C)(C)Cc2ccccc2)c1. The van der Waals surface area contributed by atoms with E-state index in [1.54, 1.807) is 0 Å². The van der Waals surface area contributed by atoms with E-state index in [1.165, 1.54) is 75.3 Å². The van der Waals surface area contributed by atoms with Gasteiger partial charge in [-0.2, -0.15) is 0 Å². The number of aryl methyl sites for hydroxylation is 1. The van der Waals surface area contributed by atoms with E-state index in [0.29, 0.717) is 13.2 Å². The fraction of sp³-hybridized carbons (Fsp3) is 0.639. The van der Waals surface area contributed by atoms with Crippen LogP contribution < -0.4 is 4.74 Å².